The molecule has 3 nitrogen and oxygen atoms in total. The summed E-state index contributed by atoms with van der Waals surface area (Å²) in [5.41, 5.74) is 0.579. The van der Waals surface area contributed by atoms with Gasteiger partial charge in [-0.15, -0.1) is 0 Å². The summed E-state index contributed by atoms with van der Waals surface area (Å²) in [5, 5.41) is 8.47. The minimum Gasteiger partial charge on any atom is -0.496 e. The van der Waals surface area contributed by atoms with Crippen LogP contribution in [0, 0.1) is 5.82 Å². The minimum absolute atomic E-state index is 0.0280. The van der Waals surface area contributed by atoms with Gasteiger partial charge in [0.05, 0.1) is 7.11 Å². The van der Waals surface area contributed by atoms with Crippen molar-refractivity contribution >= 4 is 5.97 Å². The van der Waals surface area contributed by atoms with Crippen LogP contribution >= 0.6 is 0 Å². The van der Waals surface area contributed by atoms with Crippen LogP contribution in [0.5, 0.6) is 5.75 Å². The first kappa shape index (κ1) is 10.5. The highest BCUT2D eigenvalue weighted by atomic mass is 19.1. The Morgan fingerprint density at radius 2 is 2.29 bits per heavy atom. The number of benzene rings is 1. The lowest BCUT2D eigenvalue weighted by atomic mass is 10.1. The van der Waals surface area contributed by atoms with Crippen molar-refractivity contribution < 1.29 is 19.0 Å². The monoisotopic (exact) mass is 198 g/mol. The van der Waals surface area contributed by atoms with Gasteiger partial charge in [-0.05, 0) is 30.2 Å². The molecule has 0 unspecified atom stereocenters. The van der Waals surface area contributed by atoms with E-state index in [-0.39, 0.29) is 18.7 Å². The second kappa shape index (κ2) is 4.60. The summed E-state index contributed by atoms with van der Waals surface area (Å²) in [6.07, 6.45) is 0.246. The van der Waals surface area contributed by atoms with Gasteiger partial charge in [0, 0.05) is 6.42 Å². The standard InChI is InChI=1S/C10H11FO3/c1-14-9-4-3-8(11)6-7(9)2-5-10(12)13/h3-4,6H,2,5H2,1H3,(H,12,13). The molecule has 0 aliphatic carbocycles. The maximum absolute atomic E-state index is 12.8. The van der Waals surface area contributed by atoms with E-state index in [9.17, 15) is 9.18 Å². The Kier molecular flexibility index (Phi) is 3.45. The molecule has 0 aliphatic rings. The number of hydrogen-bond donors (Lipinski definition) is 1. The molecule has 0 amide bonds. The molecule has 0 heterocycles. The molecule has 0 saturated heterocycles. The number of carboxylic acids is 1. The Morgan fingerprint density at radius 3 is 2.86 bits per heavy atom. The fraction of sp³-hybridized carbons (Fsp3) is 0.300. The Hall–Kier alpha value is -1.58. The number of carboxylic acid groups (broad SMARTS) is 1. The fourth-order valence-electron chi connectivity index (χ4n) is 1.18. The van der Waals surface area contributed by atoms with Crippen molar-refractivity contribution in [3.8, 4) is 5.75 Å². The third-order valence-electron chi connectivity index (χ3n) is 1.85. The molecule has 0 radical (unpaired) electrons. The topological polar surface area (TPSA) is 46.5 Å². The van der Waals surface area contributed by atoms with Crippen LogP contribution in [0.2, 0.25) is 0 Å². The lowest BCUT2D eigenvalue weighted by Crippen LogP contribution is -1.99. The summed E-state index contributed by atoms with van der Waals surface area (Å²) < 4.78 is 17.8. The first-order chi connectivity index (χ1) is 6.63. The third kappa shape index (κ3) is 2.73. The fourth-order valence-corrected chi connectivity index (χ4v) is 1.18. The molecule has 0 bridgehead atoms. The quantitative estimate of drug-likeness (QED) is 0.803. The second-order valence-corrected chi connectivity index (χ2v) is 2.85. The summed E-state index contributed by atoms with van der Waals surface area (Å²) in [4.78, 5) is 10.3. The summed E-state index contributed by atoms with van der Waals surface area (Å²) in [5.74, 6) is -0.768. The molecule has 76 valence electrons. The van der Waals surface area contributed by atoms with E-state index in [1.807, 2.05) is 0 Å². The van der Waals surface area contributed by atoms with Crippen molar-refractivity contribution in [2.24, 2.45) is 0 Å². The minimum atomic E-state index is -0.906. The van der Waals surface area contributed by atoms with E-state index in [4.69, 9.17) is 9.84 Å². The van der Waals surface area contributed by atoms with Crippen LogP contribution in [0.4, 0.5) is 4.39 Å². The van der Waals surface area contributed by atoms with Crippen LogP contribution < -0.4 is 4.74 Å². The average molecular weight is 198 g/mol. The SMILES string of the molecule is COc1ccc(F)cc1CCC(=O)O. The summed E-state index contributed by atoms with van der Waals surface area (Å²) in [6.45, 7) is 0. The van der Waals surface area contributed by atoms with Crippen LogP contribution in [0.1, 0.15) is 12.0 Å². The number of aliphatic carboxylic acids is 1. The van der Waals surface area contributed by atoms with E-state index in [1.165, 1.54) is 25.3 Å². The summed E-state index contributed by atoms with van der Waals surface area (Å²) in [7, 11) is 1.47. The van der Waals surface area contributed by atoms with Gasteiger partial charge >= 0.3 is 5.97 Å². The molecule has 4 heteroatoms. The highest BCUT2D eigenvalue weighted by Crippen LogP contribution is 2.20. The largest absolute Gasteiger partial charge is 0.496 e. The van der Waals surface area contributed by atoms with Crippen molar-refractivity contribution in [3.05, 3.63) is 29.6 Å². The number of halogens is 1. The van der Waals surface area contributed by atoms with Crippen molar-refractivity contribution in [3.63, 3.8) is 0 Å². The van der Waals surface area contributed by atoms with Gasteiger partial charge in [-0.3, -0.25) is 4.79 Å². The molecule has 0 aromatic heterocycles. The van der Waals surface area contributed by atoms with Gasteiger partial charge in [0.2, 0.25) is 0 Å². The molecular formula is C10H11FO3. The third-order valence-corrected chi connectivity index (χ3v) is 1.85. The molecule has 1 aromatic rings. The van der Waals surface area contributed by atoms with Crippen LogP contribution in [0.3, 0.4) is 0 Å². The lowest BCUT2D eigenvalue weighted by molar-refractivity contribution is -0.136. The van der Waals surface area contributed by atoms with Crippen LogP contribution in [0.15, 0.2) is 18.2 Å². The van der Waals surface area contributed by atoms with Gasteiger partial charge in [-0.2, -0.15) is 0 Å². The summed E-state index contributed by atoms with van der Waals surface area (Å²) in [6, 6.07) is 4.07. The Labute approximate surface area is 81.1 Å². The predicted molar refractivity (Wildman–Crippen MR) is 48.9 cm³/mol. The molecule has 14 heavy (non-hydrogen) atoms. The van der Waals surface area contributed by atoms with Crippen molar-refractivity contribution in [1.29, 1.82) is 0 Å². The van der Waals surface area contributed by atoms with Crippen molar-refractivity contribution in [1.82, 2.24) is 0 Å². The molecular weight excluding hydrogens is 187 g/mol. The predicted octanol–water partition coefficient (Wildman–Crippen LogP) is 1.85. The van der Waals surface area contributed by atoms with Gasteiger partial charge in [0.15, 0.2) is 0 Å². The Bertz CT molecular complexity index is 336. The zero-order valence-electron chi connectivity index (χ0n) is 7.79. The maximum atomic E-state index is 12.8. The highest BCUT2D eigenvalue weighted by molar-refractivity contribution is 5.67. The first-order valence-electron chi connectivity index (χ1n) is 4.17. The normalized spacial score (nSPS) is 9.86. The molecule has 0 spiro atoms. The average Bonchev–Trinajstić information content (AvgIpc) is 2.15. The molecule has 1 rings (SSSR count). The first-order valence-corrected chi connectivity index (χ1v) is 4.17. The van der Waals surface area contributed by atoms with E-state index in [0.717, 1.165) is 0 Å². The molecule has 0 saturated carbocycles. The van der Waals surface area contributed by atoms with E-state index in [1.54, 1.807) is 0 Å². The molecule has 1 N–H and O–H groups in total. The lowest BCUT2D eigenvalue weighted by Gasteiger charge is -2.06. The van der Waals surface area contributed by atoms with Gasteiger partial charge in [0.25, 0.3) is 0 Å². The maximum Gasteiger partial charge on any atom is 0.303 e. The molecule has 0 aliphatic heterocycles. The number of hydrogen-bond acceptors (Lipinski definition) is 2. The van der Waals surface area contributed by atoms with Gasteiger partial charge < -0.3 is 9.84 Å². The van der Waals surface area contributed by atoms with E-state index >= 15 is 0 Å². The van der Waals surface area contributed by atoms with Gasteiger partial charge in [0.1, 0.15) is 11.6 Å². The van der Waals surface area contributed by atoms with Gasteiger partial charge in [-0.25, -0.2) is 4.39 Å². The van der Waals surface area contributed by atoms with E-state index < -0.39 is 5.97 Å². The highest BCUT2D eigenvalue weighted by Gasteiger charge is 2.06. The number of methoxy groups -OCH3 is 1. The zero-order chi connectivity index (χ0) is 10.6. The van der Waals surface area contributed by atoms with Crippen LogP contribution in [0.25, 0.3) is 0 Å². The van der Waals surface area contributed by atoms with Crippen molar-refractivity contribution in [2.75, 3.05) is 7.11 Å². The van der Waals surface area contributed by atoms with Crippen LogP contribution in [-0.2, 0) is 11.2 Å². The molecule has 1 aromatic carbocycles. The molecule has 0 fully saturated rings. The van der Waals surface area contributed by atoms with E-state index in [2.05, 4.69) is 0 Å². The van der Waals surface area contributed by atoms with E-state index in [0.29, 0.717) is 11.3 Å². The molecule has 0 atom stereocenters. The van der Waals surface area contributed by atoms with Gasteiger partial charge in [-0.1, -0.05) is 0 Å². The number of carbonyl (C=O) groups is 1. The Balaban J connectivity index is 2.82. The number of ether oxygens (including phenoxy) is 1. The Morgan fingerprint density at radius 1 is 1.57 bits per heavy atom. The smallest absolute Gasteiger partial charge is 0.303 e. The summed E-state index contributed by atoms with van der Waals surface area (Å²) >= 11 is 0. The van der Waals surface area contributed by atoms with Crippen LogP contribution in [-0.4, -0.2) is 18.2 Å². The number of aryl methyl sites for hydroxylation is 1. The number of rotatable bonds is 4. The second-order valence-electron chi connectivity index (χ2n) is 2.85. The zero-order valence-corrected chi connectivity index (χ0v) is 7.79. The van der Waals surface area contributed by atoms with Crippen molar-refractivity contribution in [2.45, 2.75) is 12.8 Å².